The lowest BCUT2D eigenvalue weighted by atomic mass is 10.0. The van der Waals surface area contributed by atoms with Crippen LogP contribution < -0.4 is 22.1 Å². The van der Waals surface area contributed by atoms with Crippen molar-refractivity contribution in [2.24, 2.45) is 22.4 Å². The van der Waals surface area contributed by atoms with Gasteiger partial charge in [0.05, 0.1) is 11.0 Å². The standard InChI is InChI=1S/C25H30N8/c1-4-29-15-20(25(28)17-7-9-30-10-8-17)19-11-22-21(31-14-19)5-6-24(32-22)33-23(27)12-18(13-26)16(2)3/h5-16,26,29-30H,4,28H2,1-3H3,(H2,27,32,33)/b18-12?,20-15-,26-13?. The summed E-state index contributed by atoms with van der Waals surface area (Å²) in [5, 5.41) is 13.8. The lowest BCUT2D eigenvalue weighted by Gasteiger charge is -2.13. The van der Waals surface area contributed by atoms with Gasteiger partial charge in [0.2, 0.25) is 0 Å². The highest BCUT2D eigenvalue weighted by Crippen LogP contribution is 2.26. The number of aliphatic imine (C=N–C) groups is 1. The number of pyridine rings is 2. The van der Waals surface area contributed by atoms with Crippen LogP contribution in [0.4, 0.5) is 5.82 Å². The Balaban J connectivity index is 2.03. The van der Waals surface area contributed by atoms with Crippen LogP contribution in [0.25, 0.3) is 16.6 Å². The highest BCUT2D eigenvalue weighted by molar-refractivity contribution is 5.98. The number of allylic oxidation sites excluding steroid dienone is 5. The molecule has 0 fully saturated rings. The molecule has 170 valence electrons. The van der Waals surface area contributed by atoms with Crippen LogP contribution in [0, 0.1) is 11.3 Å². The Kier molecular flexibility index (Phi) is 7.75. The summed E-state index contributed by atoms with van der Waals surface area (Å²) in [6.45, 7) is 6.79. The van der Waals surface area contributed by atoms with Crippen LogP contribution in [0.15, 0.2) is 83.1 Å². The van der Waals surface area contributed by atoms with E-state index in [1.54, 1.807) is 18.3 Å². The summed E-state index contributed by atoms with van der Waals surface area (Å²) in [4.78, 5) is 13.6. The van der Waals surface area contributed by atoms with E-state index in [1.807, 2.05) is 63.7 Å². The van der Waals surface area contributed by atoms with Gasteiger partial charge >= 0.3 is 0 Å². The Morgan fingerprint density at radius 3 is 2.64 bits per heavy atom. The number of hydrogen-bond acceptors (Lipinski definition) is 7. The van der Waals surface area contributed by atoms with E-state index < -0.39 is 0 Å². The second-order valence-electron chi connectivity index (χ2n) is 7.73. The fourth-order valence-electron chi connectivity index (χ4n) is 3.16. The fourth-order valence-corrected chi connectivity index (χ4v) is 3.16. The molecule has 0 radical (unpaired) electrons. The van der Waals surface area contributed by atoms with Crippen molar-refractivity contribution in [1.82, 2.24) is 20.6 Å². The van der Waals surface area contributed by atoms with Gasteiger partial charge in [-0.05, 0) is 54.8 Å². The zero-order chi connectivity index (χ0) is 23.8. The van der Waals surface area contributed by atoms with Gasteiger partial charge in [-0.25, -0.2) is 9.98 Å². The minimum absolute atomic E-state index is 0.179. The Hall–Kier alpha value is -4.20. The zero-order valence-electron chi connectivity index (χ0n) is 19.1. The number of hydrogen-bond donors (Lipinski definition) is 5. The molecule has 0 aromatic carbocycles. The molecule has 8 nitrogen and oxygen atoms in total. The number of dihydropyridines is 1. The Morgan fingerprint density at radius 1 is 1.21 bits per heavy atom. The molecule has 0 amide bonds. The number of nitrogens with two attached hydrogens (primary N) is 2. The number of rotatable bonds is 8. The summed E-state index contributed by atoms with van der Waals surface area (Å²) in [5.41, 5.74) is 18.0. The maximum Gasteiger partial charge on any atom is 0.155 e. The third-order valence-corrected chi connectivity index (χ3v) is 5.00. The van der Waals surface area contributed by atoms with Gasteiger partial charge in [0.25, 0.3) is 0 Å². The first-order valence-corrected chi connectivity index (χ1v) is 10.8. The molecule has 0 atom stereocenters. The first kappa shape index (κ1) is 23.5. The zero-order valence-corrected chi connectivity index (χ0v) is 19.1. The topological polar surface area (TPSA) is 138 Å². The average molecular weight is 443 g/mol. The van der Waals surface area contributed by atoms with Gasteiger partial charge in [-0.15, -0.1) is 0 Å². The van der Waals surface area contributed by atoms with Gasteiger partial charge in [-0.2, -0.15) is 0 Å². The van der Waals surface area contributed by atoms with Crippen molar-refractivity contribution >= 4 is 34.5 Å². The monoisotopic (exact) mass is 442 g/mol. The van der Waals surface area contributed by atoms with Gasteiger partial charge in [-0.1, -0.05) is 13.8 Å². The van der Waals surface area contributed by atoms with Crippen molar-refractivity contribution in [3.63, 3.8) is 0 Å². The van der Waals surface area contributed by atoms with Gasteiger partial charge in [-0.3, -0.25) is 4.98 Å². The van der Waals surface area contributed by atoms with Crippen LogP contribution in [0.3, 0.4) is 0 Å². The van der Waals surface area contributed by atoms with Crippen molar-refractivity contribution in [2.75, 3.05) is 6.54 Å². The predicted octanol–water partition coefficient (Wildman–Crippen LogP) is 3.64. The van der Waals surface area contributed by atoms with E-state index in [-0.39, 0.29) is 5.92 Å². The molecule has 7 N–H and O–H groups in total. The van der Waals surface area contributed by atoms with Gasteiger partial charge in [0, 0.05) is 60.0 Å². The van der Waals surface area contributed by atoms with E-state index in [0.29, 0.717) is 22.9 Å². The number of nitrogens with one attached hydrogen (secondary N) is 3. The summed E-state index contributed by atoms with van der Waals surface area (Å²) >= 11 is 0. The number of aromatic nitrogens is 2. The lowest BCUT2D eigenvalue weighted by Crippen LogP contribution is -2.11. The van der Waals surface area contributed by atoms with Gasteiger partial charge < -0.3 is 27.5 Å². The van der Waals surface area contributed by atoms with E-state index in [9.17, 15) is 0 Å². The largest absolute Gasteiger partial charge is 0.398 e. The maximum atomic E-state index is 7.53. The summed E-state index contributed by atoms with van der Waals surface area (Å²) in [5.74, 6) is 0.944. The van der Waals surface area contributed by atoms with Gasteiger partial charge in [0.15, 0.2) is 5.82 Å². The smallest absolute Gasteiger partial charge is 0.155 e. The Bertz CT molecular complexity index is 1200. The fraction of sp³-hybridized carbons (Fsp3) is 0.200. The molecule has 3 heterocycles. The second kappa shape index (κ2) is 10.9. The van der Waals surface area contributed by atoms with Crippen LogP contribution in [-0.4, -0.2) is 28.6 Å². The maximum absolute atomic E-state index is 7.53. The summed E-state index contributed by atoms with van der Waals surface area (Å²) < 4.78 is 0. The van der Waals surface area contributed by atoms with Crippen LogP contribution in [0.1, 0.15) is 26.3 Å². The van der Waals surface area contributed by atoms with E-state index in [1.165, 1.54) is 6.21 Å². The Labute approximate surface area is 194 Å². The van der Waals surface area contributed by atoms with Crippen molar-refractivity contribution in [1.29, 1.82) is 5.41 Å². The molecule has 3 rings (SSSR count). The van der Waals surface area contributed by atoms with Crippen molar-refractivity contribution < 1.29 is 0 Å². The Morgan fingerprint density at radius 2 is 1.97 bits per heavy atom. The van der Waals surface area contributed by atoms with Crippen LogP contribution in [0.5, 0.6) is 0 Å². The minimum atomic E-state index is 0.179. The van der Waals surface area contributed by atoms with Crippen LogP contribution in [0.2, 0.25) is 0 Å². The molecular weight excluding hydrogens is 412 g/mol. The van der Waals surface area contributed by atoms with Crippen molar-refractivity contribution in [3.05, 3.63) is 83.6 Å². The summed E-state index contributed by atoms with van der Waals surface area (Å²) in [6.07, 6.45) is 14.2. The first-order chi connectivity index (χ1) is 15.9. The molecule has 0 saturated heterocycles. The van der Waals surface area contributed by atoms with E-state index in [0.717, 1.165) is 34.3 Å². The quantitative estimate of drug-likeness (QED) is 0.312. The third kappa shape index (κ3) is 5.94. The molecule has 1 aliphatic heterocycles. The van der Waals surface area contributed by atoms with Crippen molar-refractivity contribution in [2.45, 2.75) is 20.8 Å². The number of fused-ring (bicyclic) bond motifs is 1. The second-order valence-corrected chi connectivity index (χ2v) is 7.73. The molecule has 2 aromatic rings. The highest BCUT2D eigenvalue weighted by Gasteiger charge is 2.12. The number of nitrogens with zero attached hydrogens (tertiary/aromatic N) is 3. The first-order valence-electron chi connectivity index (χ1n) is 10.8. The molecule has 0 saturated carbocycles. The molecule has 0 spiro atoms. The minimum Gasteiger partial charge on any atom is -0.398 e. The van der Waals surface area contributed by atoms with Crippen LogP contribution >= 0.6 is 0 Å². The summed E-state index contributed by atoms with van der Waals surface area (Å²) in [6, 6.07) is 5.57. The SMILES string of the molecule is CCN/C=C(\C(N)=C1C=CNC=C1)c1cnc2ccc(N=C(N)C=C(C=N)C(C)C)nc2c1. The third-order valence-electron chi connectivity index (χ3n) is 5.00. The van der Waals surface area contributed by atoms with Gasteiger partial charge in [0.1, 0.15) is 5.84 Å². The van der Waals surface area contributed by atoms with E-state index in [4.69, 9.17) is 16.9 Å². The van der Waals surface area contributed by atoms with E-state index >= 15 is 0 Å². The molecule has 0 bridgehead atoms. The predicted molar refractivity (Wildman–Crippen MR) is 137 cm³/mol. The number of amidine groups is 1. The molecule has 0 aliphatic carbocycles. The lowest BCUT2D eigenvalue weighted by molar-refractivity contribution is 0.806. The summed E-state index contributed by atoms with van der Waals surface area (Å²) in [7, 11) is 0. The van der Waals surface area contributed by atoms with E-state index in [2.05, 4.69) is 25.6 Å². The molecule has 2 aromatic heterocycles. The molecule has 0 unspecified atom stereocenters. The van der Waals surface area contributed by atoms with Crippen molar-refractivity contribution in [3.8, 4) is 0 Å². The molecule has 8 heteroatoms. The van der Waals surface area contributed by atoms with Crippen LogP contribution in [-0.2, 0) is 0 Å². The molecule has 1 aliphatic rings. The molecule has 33 heavy (non-hydrogen) atoms. The average Bonchev–Trinajstić information content (AvgIpc) is 2.82. The highest BCUT2D eigenvalue weighted by atomic mass is 15.0. The molecular formula is C25H30N8. The normalized spacial score (nSPS) is 14.5.